The van der Waals surface area contributed by atoms with E-state index in [9.17, 15) is 9.18 Å². The minimum atomic E-state index is -0.531. The molecule has 0 aliphatic heterocycles. The molecule has 0 unspecified atom stereocenters. The molecule has 0 spiro atoms. The summed E-state index contributed by atoms with van der Waals surface area (Å²) in [4.78, 5) is 16.8. The fraction of sp³-hybridized carbons (Fsp3) is 0.130. The molecule has 2 N–H and O–H groups in total. The Kier molecular flexibility index (Phi) is 5.68. The molecule has 0 aliphatic carbocycles. The van der Waals surface area contributed by atoms with Gasteiger partial charge in [-0.15, -0.1) is 0 Å². The number of aromatic nitrogens is 2. The van der Waals surface area contributed by atoms with E-state index in [2.05, 4.69) is 21.3 Å². The molecule has 152 valence electrons. The number of halogens is 2. The van der Waals surface area contributed by atoms with Gasteiger partial charge in [0.05, 0.1) is 16.1 Å². The lowest BCUT2D eigenvalue weighted by Crippen LogP contribution is -2.19. The molecule has 1 aromatic heterocycles. The molecule has 0 bridgehead atoms. The molecule has 0 radical (unpaired) electrons. The smallest absolute Gasteiger partial charge is 0.323 e. The van der Waals surface area contributed by atoms with Gasteiger partial charge in [-0.25, -0.2) is 14.2 Å². The van der Waals surface area contributed by atoms with Crippen molar-refractivity contribution in [1.29, 1.82) is 0 Å². The van der Waals surface area contributed by atoms with E-state index in [0.717, 1.165) is 35.3 Å². The third-order valence-electron chi connectivity index (χ3n) is 4.91. The highest BCUT2D eigenvalue weighted by atomic mass is 35.5. The van der Waals surface area contributed by atoms with Crippen molar-refractivity contribution >= 4 is 40.0 Å². The number of nitrogens with zero attached hydrogens (tertiary/aromatic N) is 2. The highest BCUT2D eigenvalue weighted by molar-refractivity contribution is 6.31. The highest BCUT2D eigenvalue weighted by Crippen LogP contribution is 2.20. The van der Waals surface area contributed by atoms with E-state index in [1.54, 1.807) is 0 Å². The number of amides is 2. The molecule has 2 amide bonds. The van der Waals surface area contributed by atoms with Crippen LogP contribution in [0.4, 0.5) is 20.6 Å². The second-order valence-electron chi connectivity index (χ2n) is 6.98. The highest BCUT2D eigenvalue weighted by Gasteiger charge is 2.08. The maximum atomic E-state index is 13.2. The molecule has 0 fully saturated rings. The Balaban J connectivity index is 1.34. The number of fused-ring (bicyclic) bond motifs is 1. The van der Waals surface area contributed by atoms with Crippen LogP contribution in [0.2, 0.25) is 5.02 Å². The van der Waals surface area contributed by atoms with E-state index >= 15 is 0 Å². The van der Waals surface area contributed by atoms with Gasteiger partial charge < -0.3 is 15.2 Å². The van der Waals surface area contributed by atoms with Crippen molar-refractivity contribution < 1.29 is 9.18 Å². The Hall–Kier alpha value is -3.38. The number of carbonyl (C=O) groups is 1. The average molecular weight is 423 g/mol. The Labute approximate surface area is 178 Å². The fourth-order valence-corrected chi connectivity index (χ4v) is 3.48. The maximum Gasteiger partial charge on any atom is 0.323 e. The van der Waals surface area contributed by atoms with E-state index in [-0.39, 0.29) is 5.02 Å². The van der Waals surface area contributed by atoms with Crippen LogP contribution in [-0.4, -0.2) is 15.6 Å². The zero-order valence-corrected chi connectivity index (χ0v) is 17.1. The van der Waals surface area contributed by atoms with Crippen molar-refractivity contribution in [1.82, 2.24) is 9.55 Å². The summed E-state index contributed by atoms with van der Waals surface area (Å²) >= 11 is 5.73. The quantitative estimate of drug-likeness (QED) is 0.427. The zero-order valence-electron chi connectivity index (χ0n) is 16.3. The second-order valence-corrected chi connectivity index (χ2v) is 7.39. The summed E-state index contributed by atoms with van der Waals surface area (Å²) in [6.07, 6.45) is 1.67. The van der Waals surface area contributed by atoms with Gasteiger partial charge in [0.2, 0.25) is 0 Å². The molecular formula is C23H20ClFN4O. The van der Waals surface area contributed by atoms with Gasteiger partial charge in [-0.1, -0.05) is 35.9 Å². The Morgan fingerprint density at radius 3 is 2.43 bits per heavy atom. The van der Waals surface area contributed by atoms with E-state index in [1.165, 1.54) is 18.2 Å². The lowest BCUT2D eigenvalue weighted by Gasteiger charge is -2.09. The predicted octanol–water partition coefficient (Wildman–Crippen LogP) is 5.80. The molecule has 0 saturated heterocycles. The number of aryl methyl sites for hydroxylation is 3. The number of hydrogen-bond acceptors (Lipinski definition) is 2. The Bertz CT molecular complexity index is 1200. The molecule has 0 saturated carbocycles. The summed E-state index contributed by atoms with van der Waals surface area (Å²) in [6.45, 7) is 0. The average Bonchev–Trinajstić information content (AvgIpc) is 3.06. The topological polar surface area (TPSA) is 59.0 Å². The standard InChI is InChI=1S/C23H20ClFN4O/c1-29-21-5-3-2-4-20(21)28-22(29)13-8-15-6-9-16(10-7-15)26-23(30)27-17-11-12-19(25)18(24)14-17/h2-7,9-12,14H,8,13H2,1H3,(H2,26,27,30). The third-order valence-corrected chi connectivity index (χ3v) is 5.20. The summed E-state index contributed by atoms with van der Waals surface area (Å²) in [5.74, 6) is 0.507. The molecule has 4 aromatic rings. The van der Waals surface area contributed by atoms with Crippen LogP contribution in [-0.2, 0) is 19.9 Å². The maximum absolute atomic E-state index is 13.2. The van der Waals surface area contributed by atoms with Crippen molar-refractivity contribution in [2.75, 3.05) is 10.6 Å². The lowest BCUT2D eigenvalue weighted by molar-refractivity contribution is 0.262. The molecule has 0 aliphatic rings. The van der Waals surface area contributed by atoms with Crippen molar-refractivity contribution in [2.45, 2.75) is 12.8 Å². The van der Waals surface area contributed by atoms with Gasteiger partial charge in [0.15, 0.2) is 0 Å². The van der Waals surface area contributed by atoms with E-state index in [0.29, 0.717) is 11.4 Å². The summed E-state index contributed by atoms with van der Waals surface area (Å²) in [5.41, 5.74) is 4.35. The zero-order chi connectivity index (χ0) is 21.1. The van der Waals surface area contributed by atoms with Crippen LogP contribution in [0.5, 0.6) is 0 Å². The first-order valence-corrected chi connectivity index (χ1v) is 9.90. The summed E-state index contributed by atoms with van der Waals surface area (Å²) in [5, 5.41) is 5.33. The molecule has 1 heterocycles. The Morgan fingerprint density at radius 2 is 1.70 bits per heavy atom. The normalized spacial score (nSPS) is 10.9. The van der Waals surface area contributed by atoms with Crippen LogP contribution < -0.4 is 10.6 Å². The van der Waals surface area contributed by atoms with Gasteiger partial charge >= 0.3 is 6.03 Å². The van der Waals surface area contributed by atoms with Gasteiger partial charge in [0.25, 0.3) is 0 Å². The monoisotopic (exact) mass is 422 g/mol. The number of hydrogen-bond donors (Lipinski definition) is 2. The van der Waals surface area contributed by atoms with Crippen molar-refractivity contribution in [3.63, 3.8) is 0 Å². The number of benzene rings is 3. The van der Waals surface area contributed by atoms with Crippen LogP contribution in [0.15, 0.2) is 66.7 Å². The molecule has 7 heteroatoms. The van der Waals surface area contributed by atoms with Gasteiger partial charge in [-0.05, 0) is 54.4 Å². The Morgan fingerprint density at radius 1 is 1.00 bits per heavy atom. The SMILES string of the molecule is Cn1c(CCc2ccc(NC(=O)Nc3ccc(F)c(Cl)c3)cc2)nc2ccccc21. The molecule has 4 rings (SSSR count). The van der Waals surface area contributed by atoms with Crippen LogP contribution in [0.1, 0.15) is 11.4 Å². The number of rotatable bonds is 5. The van der Waals surface area contributed by atoms with Crippen LogP contribution in [0.3, 0.4) is 0 Å². The minimum Gasteiger partial charge on any atom is -0.331 e. The number of para-hydroxylation sites is 2. The predicted molar refractivity (Wildman–Crippen MR) is 119 cm³/mol. The van der Waals surface area contributed by atoms with E-state index < -0.39 is 11.8 Å². The molecule has 3 aromatic carbocycles. The van der Waals surface area contributed by atoms with Crippen molar-refractivity contribution in [3.05, 3.63) is 89.0 Å². The first-order chi connectivity index (χ1) is 14.5. The van der Waals surface area contributed by atoms with Crippen molar-refractivity contribution in [3.8, 4) is 0 Å². The lowest BCUT2D eigenvalue weighted by atomic mass is 10.1. The molecular weight excluding hydrogens is 403 g/mol. The van der Waals surface area contributed by atoms with Gasteiger partial charge in [0.1, 0.15) is 11.6 Å². The van der Waals surface area contributed by atoms with E-state index in [1.807, 2.05) is 49.5 Å². The number of urea groups is 1. The summed E-state index contributed by atoms with van der Waals surface area (Å²) in [7, 11) is 2.03. The minimum absolute atomic E-state index is 0.0437. The van der Waals surface area contributed by atoms with Crippen LogP contribution in [0, 0.1) is 5.82 Å². The van der Waals surface area contributed by atoms with Crippen LogP contribution in [0.25, 0.3) is 11.0 Å². The number of imidazole rings is 1. The summed E-state index contributed by atoms with van der Waals surface area (Å²) < 4.78 is 15.3. The van der Waals surface area contributed by atoms with Crippen LogP contribution >= 0.6 is 11.6 Å². The first kappa shape index (κ1) is 19.9. The van der Waals surface area contributed by atoms with Gasteiger partial charge in [0, 0.05) is 24.8 Å². The number of anilines is 2. The number of nitrogens with one attached hydrogen (secondary N) is 2. The molecule has 30 heavy (non-hydrogen) atoms. The molecule has 5 nitrogen and oxygen atoms in total. The van der Waals surface area contributed by atoms with Crippen molar-refractivity contribution in [2.24, 2.45) is 7.05 Å². The van der Waals surface area contributed by atoms with Gasteiger partial charge in [-0.3, -0.25) is 0 Å². The third kappa shape index (κ3) is 4.44. The fourth-order valence-electron chi connectivity index (χ4n) is 3.30. The molecule has 0 atom stereocenters. The van der Waals surface area contributed by atoms with E-state index in [4.69, 9.17) is 16.6 Å². The largest absolute Gasteiger partial charge is 0.331 e. The van der Waals surface area contributed by atoms with Gasteiger partial charge in [-0.2, -0.15) is 0 Å². The second kappa shape index (κ2) is 8.55. The summed E-state index contributed by atoms with van der Waals surface area (Å²) in [6, 6.07) is 19.3. The number of carbonyl (C=O) groups excluding carboxylic acids is 1. The first-order valence-electron chi connectivity index (χ1n) is 9.52.